The Morgan fingerprint density at radius 1 is 1.24 bits per heavy atom. The van der Waals surface area contributed by atoms with Crippen LogP contribution < -0.4 is 9.47 Å². The molecule has 0 bridgehead atoms. The van der Waals surface area contributed by atoms with Gasteiger partial charge in [-0.1, -0.05) is 0 Å². The minimum Gasteiger partial charge on any atom is -0.494 e. The zero-order valence-electron chi connectivity index (χ0n) is 10.4. The second-order valence-electron chi connectivity index (χ2n) is 3.87. The number of fused-ring (bicyclic) bond motifs is 1. The van der Waals surface area contributed by atoms with E-state index in [2.05, 4.69) is 4.98 Å². The first-order valence-corrected chi connectivity index (χ1v) is 5.35. The fourth-order valence-corrected chi connectivity index (χ4v) is 1.98. The van der Waals surface area contributed by atoms with Crippen LogP contribution in [-0.2, 0) is 7.05 Å². The summed E-state index contributed by atoms with van der Waals surface area (Å²) >= 11 is 0. The van der Waals surface area contributed by atoms with Crippen molar-refractivity contribution in [2.75, 3.05) is 14.2 Å². The highest BCUT2D eigenvalue weighted by molar-refractivity contribution is 5.88. The summed E-state index contributed by atoms with van der Waals surface area (Å²) in [6.45, 7) is 1.68. The molecule has 0 amide bonds. The molecule has 5 heteroatoms. The number of hydrogen-bond donors (Lipinski definition) is 1. The number of aliphatic hydroxyl groups is 1. The molecule has 0 spiro atoms. The Morgan fingerprint density at radius 3 is 2.35 bits per heavy atom. The second kappa shape index (κ2) is 4.25. The number of aliphatic hydroxyl groups excluding tert-OH is 1. The van der Waals surface area contributed by atoms with Crippen molar-refractivity contribution >= 4 is 11.0 Å². The minimum absolute atomic E-state index is 0.586. The SMILES string of the molecule is COc1ccc(OC)c2c1nc(C(C)O)n2C. The maximum atomic E-state index is 9.67. The van der Waals surface area contributed by atoms with E-state index < -0.39 is 6.10 Å². The normalized spacial score (nSPS) is 12.8. The Bertz CT molecular complexity index is 546. The van der Waals surface area contributed by atoms with Crippen molar-refractivity contribution in [3.63, 3.8) is 0 Å². The van der Waals surface area contributed by atoms with E-state index in [1.54, 1.807) is 27.2 Å². The van der Waals surface area contributed by atoms with Crippen LogP contribution in [0.25, 0.3) is 11.0 Å². The predicted octanol–water partition coefficient (Wildman–Crippen LogP) is 1.64. The molecule has 0 aliphatic heterocycles. The smallest absolute Gasteiger partial charge is 0.146 e. The van der Waals surface area contributed by atoms with Crippen LogP contribution in [0.5, 0.6) is 11.5 Å². The maximum Gasteiger partial charge on any atom is 0.146 e. The summed E-state index contributed by atoms with van der Waals surface area (Å²) in [5, 5.41) is 9.67. The summed E-state index contributed by atoms with van der Waals surface area (Å²) in [6, 6.07) is 3.63. The number of imidazole rings is 1. The summed E-state index contributed by atoms with van der Waals surface area (Å²) in [5.41, 5.74) is 1.52. The lowest BCUT2D eigenvalue weighted by Crippen LogP contribution is -2.02. The summed E-state index contributed by atoms with van der Waals surface area (Å²) < 4.78 is 12.4. The van der Waals surface area contributed by atoms with Crippen LogP contribution in [-0.4, -0.2) is 28.9 Å². The fourth-order valence-electron chi connectivity index (χ4n) is 1.98. The number of nitrogens with zero attached hydrogens (tertiary/aromatic N) is 2. The molecule has 1 aromatic carbocycles. The predicted molar refractivity (Wildman–Crippen MR) is 64.5 cm³/mol. The fraction of sp³-hybridized carbons (Fsp3) is 0.417. The average molecular weight is 236 g/mol. The molecule has 1 aromatic heterocycles. The van der Waals surface area contributed by atoms with Crippen LogP contribution in [0.4, 0.5) is 0 Å². The molecule has 2 rings (SSSR count). The van der Waals surface area contributed by atoms with Gasteiger partial charge in [0, 0.05) is 7.05 Å². The standard InChI is InChI=1S/C12H16N2O3/c1-7(15)12-13-10-8(16-3)5-6-9(17-4)11(10)14(12)2/h5-7,15H,1-4H3. The van der Waals surface area contributed by atoms with Crippen LogP contribution in [0, 0.1) is 0 Å². The van der Waals surface area contributed by atoms with Crippen molar-refractivity contribution in [2.24, 2.45) is 7.05 Å². The highest BCUT2D eigenvalue weighted by Gasteiger charge is 2.18. The number of hydrogen-bond acceptors (Lipinski definition) is 4. The number of methoxy groups -OCH3 is 2. The van der Waals surface area contributed by atoms with Crippen LogP contribution in [0.1, 0.15) is 18.9 Å². The Morgan fingerprint density at radius 2 is 1.82 bits per heavy atom. The number of ether oxygens (including phenoxy) is 2. The molecule has 5 nitrogen and oxygen atoms in total. The van der Waals surface area contributed by atoms with E-state index in [9.17, 15) is 5.11 Å². The Balaban J connectivity index is 2.82. The molecule has 0 saturated heterocycles. The molecule has 1 atom stereocenters. The van der Waals surface area contributed by atoms with Gasteiger partial charge in [0.15, 0.2) is 0 Å². The van der Waals surface area contributed by atoms with Gasteiger partial charge in [0.2, 0.25) is 0 Å². The van der Waals surface area contributed by atoms with Gasteiger partial charge in [-0.25, -0.2) is 4.98 Å². The third-order valence-electron chi connectivity index (χ3n) is 2.80. The van der Waals surface area contributed by atoms with Gasteiger partial charge < -0.3 is 19.1 Å². The Labute approximate surface area is 99.6 Å². The molecule has 0 aliphatic carbocycles. The van der Waals surface area contributed by atoms with Gasteiger partial charge in [0.05, 0.1) is 14.2 Å². The van der Waals surface area contributed by atoms with E-state index in [0.29, 0.717) is 22.8 Å². The van der Waals surface area contributed by atoms with Crippen molar-refractivity contribution in [1.29, 1.82) is 0 Å². The van der Waals surface area contributed by atoms with Gasteiger partial charge in [0.25, 0.3) is 0 Å². The maximum absolute atomic E-state index is 9.67. The lowest BCUT2D eigenvalue weighted by atomic mass is 10.2. The molecule has 0 radical (unpaired) electrons. The zero-order valence-corrected chi connectivity index (χ0v) is 10.4. The van der Waals surface area contributed by atoms with E-state index in [0.717, 1.165) is 5.52 Å². The first kappa shape index (κ1) is 11.7. The lowest BCUT2D eigenvalue weighted by Gasteiger charge is -2.07. The van der Waals surface area contributed by atoms with Crippen molar-refractivity contribution in [1.82, 2.24) is 9.55 Å². The molecule has 17 heavy (non-hydrogen) atoms. The van der Waals surface area contributed by atoms with E-state index in [1.807, 2.05) is 17.7 Å². The minimum atomic E-state index is -0.637. The topological polar surface area (TPSA) is 56.5 Å². The van der Waals surface area contributed by atoms with Crippen LogP contribution in [0.2, 0.25) is 0 Å². The first-order chi connectivity index (χ1) is 8.10. The first-order valence-electron chi connectivity index (χ1n) is 5.35. The van der Waals surface area contributed by atoms with Crippen LogP contribution >= 0.6 is 0 Å². The Hall–Kier alpha value is -1.75. The molecule has 1 N–H and O–H groups in total. The number of aryl methyl sites for hydroxylation is 1. The molecule has 1 unspecified atom stereocenters. The van der Waals surface area contributed by atoms with Gasteiger partial charge in [-0.05, 0) is 19.1 Å². The van der Waals surface area contributed by atoms with E-state index in [4.69, 9.17) is 9.47 Å². The highest BCUT2D eigenvalue weighted by Crippen LogP contribution is 2.34. The van der Waals surface area contributed by atoms with E-state index in [-0.39, 0.29) is 0 Å². The number of aromatic nitrogens is 2. The summed E-state index contributed by atoms with van der Waals surface area (Å²) in [4.78, 5) is 4.40. The molecule has 92 valence electrons. The van der Waals surface area contributed by atoms with E-state index in [1.165, 1.54) is 0 Å². The van der Waals surface area contributed by atoms with Crippen molar-refractivity contribution in [2.45, 2.75) is 13.0 Å². The van der Waals surface area contributed by atoms with Gasteiger partial charge in [-0.3, -0.25) is 0 Å². The largest absolute Gasteiger partial charge is 0.494 e. The monoisotopic (exact) mass is 236 g/mol. The average Bonchev–Trinajstić information content (AvgIpc) is 2.67. The summed E-state index contributed by atoms with van der Waals surface area (Å²) in [6.07, 6.45) is -0.637. The number of benzene rings is 1. The second-order valence-corrected chi connectivity index (χ2v) is 3.87. The molecular weight excluding hydrogens is 220 g/mol. The van der Waals surface area contributed by atoms with Crippen LogP contribution in [0.15, 0.2) is 12.1 Å². The zero-order chi connectivity index (χ0) is 12.6. The van der Waals surface area contributed by atoms with E-state index >= 15 is 0 Å². The Kier molecular flexibility index (Phi) is 2.93. The summed E-state index contributed by atoms with van der Waals surface area (Å²) in [5.74, 6) is 1.97. The van der Waals surface area contributed by atoms with Crippen molar-refractivity contribution < 1.29 is 14.6 Å². The van der Waals surface area contributed by atoms with Crippen LogP contribution in [0.3, 0.4) is 0 Å². The summed E-state index contributed by atoms with van der Waals surface area (Å²) in [7, 11) is 5.05. The van der Waals surface area contributed by atoms with Gasteiger partial charge in [-0.2, -0.15) is 0 Å². The van der Waals surface area contributed by atoms with Crippen molar-refractivity contribution in [3.8, 4) is 11.5 Å². The quantitative estimate of drug-likeness (QED) is 0.880. The number of rotatable bonds is 3. The third-order valence-corrected chi connectivity index (χ3v) is 2.80. The van der Waals surface area contributed by atoms with Gasteiger partial charge in [0.1, 0.15) is 34.5 Å². The molecule has 0 saturated carbocycles. The van der Waals surface area contributed by atoms with Crippen molar-refractivity contribution in [3.05, 3.63) is 18.0 Å². The molecule has 2 aromatic rings. The molecule has 0 fully saturated rings. The highest BCUT2D eigenvalue weighted by atomic mass is 16.5. The molecule has 0 aliphatic rings. The molecule has 1 heterocycles. The van der Waals surface area contributed by atoms with Gasteiger partial charge >= 0.3 is 0 Å². The van der Waals surface area contributed by atoms with Gasteiger partial charge in [-0.15, -0.1) is 0 Å². The molecular formula is C12H16N2O3. The lowest BCUT2D eigenvalue weighted by molar-refractivity contribution is 0.186. The third kappa shape index (κ3) is 1.72.